The van der Waals surface area contributed by atoms with Gasteiger partial charge >= 0.3 is 6.18 Å². The molecule has 1 aromatic heterocycles. The van der Waals surface area contributed by atoms with Gasteiger partial charge in [-0.05, 0) is 0 Å². The van der Waals surface area contributed by atoms with Gasteiger partial charge in [0.15, 0.2) is 9.84 Å². The van der Waals surface area contributed by atoms with Crippen molar-refractivity contribution in [2.24, 2.45) is 11.7 Å². The molecule has 0 fully saturated rings. The molecule has 0 amide bonds. The Morgan fingerprint density at radius 3 is 2.50 bits per heavy atom. The molecule has 6 nitrogen and oxygen atoms in total. The zero-order valence-corrected chi connectivity index (χ0v) is 10.1. The standard InChI is InChI=1S/C8H11F3N4O2S/c1-18(16,17)5-2-14-15(3-5)4-6(7(12)13)8(9,10)11/h2-3,6H,4H2,1H3,(H3,12,13). The zero-order valence-electron chi connectivity index (χ0n) is 9.27. The van der Waals surface area contributed by atoms with Crippen LogP contribution in [0.25, 0.3) is 0 Å². The lowest BCUT2D eigenvalue weighted by Crippen LogP contribution is -2.38. The summed E-state index contributed by atoms with van der Waals surface area (Å²) in [7, 11) is -3.52. The number of aromatic nitrogens is 2. The fraction of sp³-hybridized carbons (Fsp3) is 0.500. The monoisotopic (exact) mass is 284 g/mol. The van der Waals surface area contributed by atoms with Crippen molar-refractivity contribution in [2.45, 2.75) is 17.6 Å². The summed E-state index contributed by atoms with van der Waals surface area (Å²) in [5.41, 5.74) is 4.87. The molecule has 10 heteroatoms. The molecule has 0 aliphatic heterocycles. The van der Waals surface area contributed by atoms with Crippen molar-refractivity contribution in [1.82, 2.24) is 9.78 Å². The van der Waals surface area contributed by atoms with Crippen molar-refractivity contribution in [2.75, 3.05) is 6.26 Å². The van der Waals surface area contributed by atoms with E-state index in [0.717, 1.165) is 23.3 Å². The molecule has 0 aliphatic carbocycles. The highest BCUT2D eigenvalue weighted by Gasteiger charge is 2.42. The van der Waals surface area contributed by atoms with Gasteiger partial charge < -0.3 is 5.73 Å². The molecular formula is C8H11F3N4O2S. The molecule has 1 rings (SSSR count). The van der Waals surface area contributed by atoms with Gasteiger partial charge in [-0.25, -0.2) is 8.42 Å². The van der Waals surface area contributed by atoms with Crippen molar-refractivity contribution in [3.8, 4) is 0 Å². The summed E-state index contributed by atoms with van der Waals surface area (Å²) < 4.78 is 60.6. The maximum absolute atomic E-state index is 12.5. The lowest BCUT2D eigenvalue weighted by molar-refractivity contribution is -0.159. The number of hydrogen-bond donors (Lipinski definition) is 2. The smallest absolute Gasteiger partial charge is 0.387 e. The predicted octanol–water partition coefficient (Wildman–Crippen LogP) is 0.401. The van der Waals surface area contributed by atoms with Gasteiger partial charge in [0.25, 0.3) is 0 Å². The van der Waals surface area contributed by atoms with Crippen LogP contribution < -0.4 is 5.73 Å². The van der Waals surface area contributed by atoms with Crippen LogP contribution in [0.3, 0.4) is 0 Å². The molecule has 0 radical (unpaired) electrons. The second-order valence-electron chi connectivity index (χ2n) is 3.72. The largest absolute Gasteiger partial charge is 0.400 e. The Hall–Kier alpha value is -1.58. The first-order valence-corrected chi connectivity index (χ1v) is 6.54. The highest BCUT2D eigenvalue weighted by molar-refractivity contribution is 7.90. The Labute approximate surface area is 101 Å². The maximum Gasteiger partial charge on any atom is 0.400 e. The van der Waals surface area contributed by atoms with E-state index in [9.17, 15) is 21.6 Å². The van der Waals surface area contributed by atoms with Crippen molar-refractivity contribution < 1.29 is 21.6 Å². The third-order valence-electron chi connectivity index (χ3n) is 2.18. The molecule has 0 saturated heterocycles. The highest BCUT2D eigenvalue weighted by atomic mass is 32.2. The van der Waals surface area contributed by atoms with E-state index in [0.29, 0.717) is 0 Å². The van der Waals surface area contributed by atoms with Crippen LogP contribution in [-0.2, 0) is 16.4 Å². The number of sulfone groups is 1. The number of hydrogen-bond acceptors (Lipinski definition) is 4. The molecule has 0 bridgehead atoms. The van der Waals surface area contributed by atoms with Crippen LogP contribution in [0.5, 0.6) is 0 Å². The summed E-state index contributed by atoms with van der Waals surface area (Å²) in [4.78, 5) is -0.188. The fourth-order valence-electron chi connectivity index (χ4n) is 1.20. The molecule has 3 N–H and O–H groups in total. The summed E-state index contributed by atoms with van der Waals surface area (Å²) in [5.74, 6) is -3.23. The molecule has 102 valence electrons. The number of nitrogens with zero attached hydrogens (tertiary/aromatic N) is 2. The lowest BCUT2D eigenvalue weighted by atomic mass is 10.1. The van der Waals surface area contributed by atoms with E-state index in [1.807, 2.05) is 0 Å². The molecule has 18 heavy (non-hydrogen) atoms. The summed E-state index contributed by atoms with van der Waals surface area (Å²) in [6.45, 7) is -0.728. The van der Waals surface area contributed by atoms with Crippen molar-refractivity contribution >= 4 is 15.7 Å². The first kappa shape index (κ1) is 14.5. The topological polar surface area (TPSA) is 102 Å². The molecule has 0 saturated carbocycles. The number of nitrogens with one attached hydrogen (secondary N) is 1. The van der Waals surface area contributed by atoms with Crippen LogP contribution in [0.4, 0.5) is 13.2 Å². The van der Waals surface area contributed by atoms with Crippen molar-refractivity contribution in [3.63, 3.8) is 0 Å². The number of amidine groups is 1. The van der Waals surface area contributed by atoms with E-state index in [4.69, 9.17) is 11.1 Å². The third kappa shape index (κ3) is 3.45. The quantitative estimate of drug-likeness (QED) is 0.617. The molecular weight excluding hydrogens is 273 g/mol. The van der Waals surface area contributed by atoms with Crippen LogP contribution in [0.2, 0.25) is 0 Å². The molecule has 0 aliphatic rings. The van der Waals surface area contributed by atoms with Gasteiger partial charge in [-0.2, -0.15) is 18.3 Å². The molecule has 0 spiro atoms. The highest BCUT2D eigenvalue weighted by Crippen LogP contribution is 2.27. The van der Waals surface area contributed by atoms with Gasteiger partial charge in [-0.3, -0.25) is 10.1 Å². The minimum atomic E-state index is -4.68. The molecule has 1 heterocycles. The molecule has 1 unspecified atom stereocenters. The molecule has 1 aromatic rings. The molecule has 0 aromatic carbocycles. The fourth-order valence-corrected chi connectivity index (χ4v) is 1.75. The zero-order chi connectivity index (χ0) is 14.1. The number of nitrogens with two attached hydrogens (primary N) is 1. The lowest BCUT2D eigenvalue weighted by Gasteiger charge is -2.18. The van der Waals surface area contributed by atoms with E-state index in [1.54, 1.807) is 0 Å². The van der Waals surface area contributed by atoms with Crippen molar-refractivity contribution in [3.05, 3.63) is 12.4 Å². The second-order valence-corrected chi connectivity index (χ2v) is 5.74. The Morgan fingerprint density at radius 2 is 2.17 bits per heavy atom. The van der Waals surface area contributed by atoms with Crippen LogP contribution in [-0.4, -0.2) is 36.5 Å². The third-order valence-corrected chi connectivity index (χ3v) is 3.24. The second kappa shape index (κ2) is 4.59. The van der Waals surface area contributed by atoms with Gasteiger partial charge in [0, 0.05) is 12.5 Å². The minimum Gasteiger partial charge on any atom is -0.387 e. The van der Waals surface area contributed by atoms with Crippen LogP contribution in [0.1, 0.15) is 0 Å². The van der Waals surface area contributed by atoms with Gasteiger partial charge in [-0.15, -0.1) is 0 Å². The van der Waals surface area contributed by atoms with E-state index >= 15 is 0 Å². The Bertz CT molecular complexity index is 549. The first-order valence-electron chi connectivity index (χ1n) is 4.65. The van der Waals surface area contributed by atoms with E-state index in [2.05, 4.69) is 5.10 Å². The maximum atomic E-state index is 12.5. The van der Waals surface area contributed by atoms with Crippen LogP contribution in [0.15, 0.2) is 17.3 Å². The van der Waals surface area contributed by atoms with E-state index in [1.165, 1.54) is 0 Å². The SMILES string of the molecule is CS(=O)(=O)c1cnn(CC(C(=N)N)C(F)(F)F)c1. The number of alkyl halides is 3. The Balaban J connectivity index is 2.97. The van der Waals surface area contributed by atoms with Gasteiger partial charge in [0.1, 0.15) is 16.6 Å². The summed E-state index contributed by atoms with van der Waals surface area (Å²) in [6.07, 6.45) is -1.84. The van der Waals surface area contributed by atoms with Crippen LogP contribution in [0, 0.1) is 11.3 Å². The number of halogens is 3. The van der Waals surface area contributed by atoms with Gasteiger partial charge in [0.05, 0.1) is 12.7 Å². The summed E-state index contributed by atoms with van der Waals surface area (Å²) in [6, 6.07) is 0. The Kier molecular flexibility index (Phi) is 3.70. The summed E-state index contributed by atoms with van der Waals surface area (Å²) >= 11 is 0. The van der Waals surface area contributed by atoms with Gasteiger partial charge in [-0.1, -0.05) is 0 Å². The number of rotatable bonds is 4. The predicted molar refractivity (Wildman–Crippen MR) is 56.8 cm³/mol. The average molecular weight is 284 g/mol. The summed E-state index contributed by atoms with van der Waals surface area (Å²) in [5, 5.41) is 10.4. The van der Waals surface area contributed by atoms with Crippen molar-refractivity contribution in [1.29, 1.82) is 5.41 Å². The average Bonchev–Trinajstić information content (AvgIpc) is 2.58. The molecule has 1 atom stereocenters. The van der Waals surface area contributed by atoms with Gasteiger partial charge in [0.2, 0.25) is 0 Å². The first-order chi connectivity index (χ1) is 8.01. The minimum absolute atomic E-state index is 0.188. The normalized spacial score (nSPS) is 14.4. The van der Waals surface area contributed by atoms with Crippen LogP contribution >= 0.6 is 0 Å². The van der Waals surface area contributed by atoms with E-state index < -0.39 is 34.3 Å². The van der Waals surface area contributed by atoms with E-state index in [-0.39, 0.29) is 4.90 Å². The Morgan fingerprint density at radius 1 is 1.61 bits per heavy atom.